The maximum absolute atomic E-state index is 13.0. The molecule has 1 aromatic rings. The van der Waals surface area contributed by atoms with Gasteiger partial charge in [0.25, 0.3) is 0 Å². The van der Waals surface area contributed by atoms with Crippen LogP contribution in [0.2, 0.25) is 0 Å². The van der Waals surface area contributed by atoms with E-state index in [1.807, 2.05) is 11.8 Å². The van der Waals surface area contributed by atoms with Crippen LogP contribution in [0.25, 0.3) is 0 Å². The second-order valence-corrected chi connectivity index (χ2v) is 4.85. The van der Waals surface area contributed by atoms with Gasteiger partial charge in [0.15, 0.2) is 0 Å². The van der Waals surface area contributed by atoms with Crippen LogP contribution in [0, 0.1) is 5.92 Å². The fraction of sp³-hybridized carbons (Fsp3) is 0.538. The molecule has 0 amide bonds. The standard InChI is InChI=1S/C13H17F3N2/c1-9-6-10(7-17)8-18(9)12-5-3-2-4-11(12)13(14,15)16/h2-5,9-10H,6-8,17H2,1H3. The van der Waals surface area contributed by atoms with E-state index >= 15 is 0 Å². The molecule has 0 radical (unpaired) electrons. The van der Waals surface area contributed by atoms with Gasteiger partial charge in [-0.2, -0.15) is 13.2 Å². The lowest BCUT2D eigenvalue weighted by molar-refractivity contribution is -0.137. The van der Waals surface area contributed by atoms with Crippen LogP contribution in [-0.4, -0.2) is 19.1 Å². The highest BCUT2D eigenvalue weighted by atomic mass is 19.4. The number of halogens is 3. The van der Waals surface area contributed by atoms with Gasteiger partial charge in [-0.3, -0.25) is 0 Å². The summed E-state index contributed by atoms with van der Waals surface area (Å²) in [6, 6.07) is 5.85. The number of benzene rings is 1. The SMILES string of the molecule is CC1CC(CN)CN1c1ccccc1C(F)(F)F. The van der Waals surface area contributed by atoms with Gasteiger partial charge in [-0.15, -0.1) is 0 Å². The van der Waals surface area contributed by atoms with Crippen molar-refractivity contribution in [2.24, 2.45) is 11.7 Å². The molecule has 0 aromatic heterocycles. The fourth-order valence-electron chi connectivity index (χ4n) is 2.61. The molecule has 1 fully saturated rings. The topological polar surface area (TPSA) is 29.3 Å². The van der Waals surface area contributed by atoms with Crippen LogP contribution in [-0.2, 0) is 6.18 Å². The minimum atomic E-state index is -4.31. The Bertz CT molecular complexity index is 417. The van der Waals surface area contributed by atoms with Crippen LogP contribution < -0.4 is 10.6 Å². The van der Waals surface area contributed by atoms with Crippen molar-refractivity contribution in [3.63, 3.8) is 0 Å². The summed E-state index contributed by atoms with van der Waals surface area (Å²) in [5, 5.41) is 0. The predicted molar refractivity (Wildman–Crippen MR) is 65.4 cm³/mol. The Morgan fingerprint density at radius 1 is 1.33 bits per heavy atom. The van der Waals surface area contributed by atoms with E-state index in [0.29, 0.717) is 13.1 Å². The van der Waals surface area contributed by atoms with Crippen molar-refractivity contribution in [2.75, 3.05) is 18.0 Å². The molecule has 1 saturated heterocycles. The molecule has 0 spiro atoms. The van der Waals surface area contributed by atoms with E-state index in [9.17, 15) is 13.2 Å². The first-order chi connectivity index (χ1) is 8.43. The van der Waals surface area contributed by atoms with Gasteiger partial charge in [0.1, 0.15) is 0 Å². The third-order valence-electron chi connectivity index (χ3n) is 3.51. The average molecular weight is 258 g/mol. The molecule has 2 nitrogen and oxygen atoms in total. The van der Waals surface area contributed by atoms with E-state index in [1.54, 1.807) is 6.07 Å². The lowest BCUT2D eigenvalue weighted by Gasteiger charge is -2.27. The number of hydrogen-bond acceptors (Lipinski definition) is 2. The van der Waals surface area contributed by atoms with E-state index in [-0.39, 0.29) is 17.6 Å². The number of alkyl halides is 3. The summed E-state index contributed by atoms with van der Waals surface area (Å²) < 4.78 is 38.9. The second kappa shape index (κ2) is 4.80. The summed E-state index contributed by atoms with van der Waals surface area (Å²) in [7, 11) is 0. The Morgan fingerprint density at radius 2 is 2.00 bits per heavy atom. The average Bonchev–Trinajstić information content (AvgIpc) is 2.69. The summed E-state index contributed by atoms with van der Waals surface area (Å²) >= 11 is 0. The van der Waals surface area contributed by atoms with Crippen molar-refractivity contribution in [3.8, 4) is 0 Å². The molecule has 0 bridgehead atoms. The normalized spacial score (nSPS) is 24.6. The number of nitrogens with zero attached hydrogens (tertiary/aromatic N) is 1. The van der Waals surface area contributed by atoms with Crippen LogP contribution in [0.4, 0.5) is 18.9 Å². The highest BCUT2D eigenvalue weighted by Crippen LogP contribution is 2.39. The van der Waals surface area contributed by atoms with Gasteiger partial charge in [0, 0.05) is 18.3 Å². The summed E-state index contributed by atoms with van der Waals surface area (Å²) in [6.07, 6.45) is -3.46. The highest BCUT2D eigenvalue weighted by molar-refractivity contribution is 5.56. The Kier molecular flexibility index (Phi) is 3.52. The second-order valence-electron chi connectivity index (χ2n) is 4.85. The molecule has 2 N–H and O–H groups in total. The zero-order chi connectivity index (χ0) is 13.3. The zero-order valence-corrected chi connectivity index (χ0v) is 10.2. The molecule has 100 valence electrons. The molecule has 18 heavy (non-hydrogen) atoms. The summed E-state index contributed by atoms with van der Waals surface area (Å²) in [4.78, 5) is 1.82. The number of hydrogen-bond donors (Lipinski definition) is 1. The maximum Gasteiger partial charge on any atom is 0.418 e. The van der Waals surface area contributed by atoms with Crippen molar-refractivity contribution < 1.29 is 13.2 Å². The van der Waals surface area contributed by atoms with Crippen molar-refractivity contribution in [3.05, 3.63) is 29.8 Å². The summed E-state index contributed by atoms with van der Waals surface area (Å²) in [5.74, 6) is 0.279. The van der Waals surface area contributed by atoms with Crippen LogP contribution in [0.1, 0.15) is 18.9 Å². The van der Waals surface area contributed by atoms with Gasteiger partial charge in [-0.25, -0.2) is 0 Å². The lowest BCUT2D eigenvalue weighted by atomic mass is 10.1. The Balaban J connectivity index is 2.34. The number of anilines is 1. The monoisotopic (exact) mass is 258 g/mol. The quantitative estimate of drug-likeness (QED) is 0.883. The molecule has 1 aliphatic rings. The van der Waals surface area contributed by atoms with E-state index in [2.05, 4.69) is 0 Å². The smallest absolute Gasteiger partial charge is 0.368 e. The van der Waals surface area contributed by atoms with Crippen molar-refractivity contribution >= 4 is 5.69 Å². The van der Waals surface area contributed by atoms with Crippen LogP contribution in [0.15, 0.2) is 24.3 Å². The van der Waals surface area contributed by atoms with Crippen LogP contribution >= 0.6 is 0 Å². The molecule has 1 aliphatic heterocycles. The van der Waals surface area contributed by atoms with Gasteiger partial charge in [0.2, 0.25) is 0 Å². The molecule has 0 saturated carbocycles. The Hall–Kier alpha value is -1.23. The molecule has 1 heterocycles. The van der Waals surface area contributed by atoms with Crippen molar-refractivity contribution in [1.29, 1.82) is 0 Å². The minimum absolute atomic E-state index is 0.0991. The van der Waals surface area contributed by atoms with Crippen LogP contribution in [0.5, 0.6) is 0 Å². The van der Waals surface area contributed by atoms with E-state index < -0.39 is 11.7 Å². The lowest BCUT2D eigenvalue weighted by Crippen LogP contribution is -2.29. The Labute approximate surface area is 105 Å². The summed E-state index contributed by atoms with van der Waals surface area (Å²) in [6.45, 7) is 3.07. The first-order valence-corrected chi connectivity index (χ1v) is 6.06. The zero-order valence-electron chi connectivity index (χ0n) is 10.2. The van der Waals surface area contributed by atoms with Gasteiger partial charge in [-0.1, -0.05) is 12.1 Å². The van der Waals surface area contributed by atoms with E-state index in [4.69, 9.17) is 5.73 Å². The van der Waals surface area contributed by atoms with Crippen molar-refractivity contribution in [2.45, 2.75) is 25.6 Å². The maximum atomic E-state index is 13.0. The predicted octanol–water partition coefficient (Wildman–Crippen LogP) is 2.88. The van der Waals surface area contributed by atoms with Gasteiger partial charge < -0.3 is 10.6 Å². The van der Waals surface area contributed by atoms with Gasteiger partial charge >= 0.3 is 6.18 Å². The van der Waals surface area contributed by atoms with Gasteiger partial charge in [0.05, 0.1) is 5.56 Å². The molecule has 1 aromatic carbocycles. The minimum Gasteiger partial charge on any atom is -0.368 e. The molecule has 2 atom stereocenters. The molecular weight excluding hydrogens is 241 g/mol. The van der Waals surface area contributed by atoms with Gasteiger partial charge in [-0.05, 0) is 37.9 Å². The number of rotatable bonds is 2. The molecule has 2 unspecified atom stereocenters. The molecule has 0 aliphatic carbocycles. The fourth-order valence-corrected chi connectivity index (χ4v) is 2.61. The first kappa shape index (κ1) is 13.2. The highest BCUT2D eigenvalue weighted by Gasteiger charge is 2.37. The summed E-state index contributed by atoms with van der Waals surface area (Å²) in [5.41, 5.74) is 5.32. The van der Waals surface area contributed by atoms with E-state index in [0.717, 1.165) is 12.5 Å². The third kappa shape index (κ3) is 2.46. The number of para-hydroxylation sites is 1. The van der Waals surface area contributed by atoms with E-state index in [1.165, 1.54) is 12.1 Å². The molecular formula is C13H17F3N2. The number of nitrogens with two attached hydrogens (primary N) is 1. The molecule has 5 heteroatoms. The van der Waals surface area contributed by atoms with Crippen molar-refractivity contribution in [1.82, 2.24) is 0 Å². The Morgan fingerprint density at radius 3 is 2.56 bits per heavy atom. The third-order valence-corrected chi connectivity index (χ3v) is 3.51. The van der Waals surface area contributed by atoms with Crippen LogP contribution in [0.3, 0.4) is 0 Å². The first-order valence-electron chi connectivity index (χ1n) is 6.06. The molecule has 2 rings (SSSR count). The largest absolute Gasteiger partial charge is 0.418 e.